The fraction of sp³-hybridized carbons (Fsp3) is 0.500. The van der Waals surface area contributed by atoms with Gasteiger partial charge in [0.2, 0.25) is 6.54 Å². The average Bonchev–Trinajstić information content (AvgIpc) is 2.34. The van der Waals surface area contributed by atoms with Crippen LogP contribution in [0.1, 0.15) is 31.7 Å². The number of nitro groups is 1. The normalized spacial score (nSPS) is 13.4. The highest BCUT2D eigenvalue weighted by atomic mass is 35.5. The molecule has 0 radical (unpaired) electrons. The van der Waals surface area contributed by atoms with Crippen LogP contribution in [0.4, 0.5) is 0 Å². The second-order valence-electron chi connectivity index (χ2n) is 4.00. The second kappa shape index (κ2) is 7.06. The molecule has 0 bridgehead atoms. The molecule has 5 nitrogen and oxygen atoms in total. The molecule has 0 saturated carbocycles. The van der Waals surface area contributed by atoms with E-state index in [0.29, 0.717) is 17.4 Å². The molecule has 18 heavy (non-hydrogen) atoms. The van der Waals surface area contributed by atoms with Crippen LogP contribution in [-0.2, 0) is 0 Å². The summed E-state index contributed by atoms with van der Waals surface area (Å²) in [6.07, 6.45) is 2.50. The van der Waals surface area contributed by atoms with E-state index < -0.39 is 0 Å². The van der Waals surface area contributed by atoms with Gasteiger partial charge in [0.1, 0.15) is 5.15 Å². The van der Waals surface area contributed by atoms with Crippen molar-refractivity contribution in [3.63, 3.8) is 0 Å². The molecule has 0 aromatic carbocycles. The highest BCUT2D eigenvalue weighted by molar-refractivity contribution is 6.29. The van der Waals surface area contributed by atoms with Gasteiger partial charge in [-0.2, -0.15) is 0 Å². The van der Waals surface area contributed by atoms with Crippen molar-refractivity contribution >= 4 is 17.3 Å². The highest BCUT2D eigenvalue weighted by Crippen LogP contribution is 2.18. The van der Waals surface area contributed by atoms with E-state index in [4.69, 9.17) is 11.6 Å². The summed E-state index contributed by atoms with van der Waals surface area (Å²) in [6.45, 7) is 4.25. The molecule has 0 amide bonds. The molecule has 0 aliphatic rings. The molecule has 1 heterocycles. The molecule has 0 N–H and O–H groups in total. The van der Waals surface area contributed by atoms with Gasteiger partial charge in [0.25, 0.3) is 0 Å². The second-order valence-corrected chi connectivity index (χ2v) is 4.39. The van der Waals surface area contributed by atoms with E-state index in [-0.39, 0.29) is 17.4 Å². The summed E-state index contributed by atoms with van der Waals surface area (Å²) in [5.74, 6) is -0.119. The predicted molar refractivity (Wildman–Crippen MR) is 72.1 cm³/mol. The summed E-state index contributed by atoms with van der Waals surface area (Å²) < 4.78 is 0. The first kappa shape index (κ1) is 14.6. The molecule has 1 atom stereocenters. The number of halogens is 1. The Balaban J connectivity index is 2.90. The van der Waals surface area contributed by atoms with Crippen LogP contribution in [0.5, 0.6) is 0 Å². The summed E-state index contributed by atoms with van der Waals surface area (Å²) in [5.41, 5.74) is 1.46. The van der Waals surface area contributed by atoms with E-state index >= 15 is 0 Å². The minimum absolute atomic E-state index is 0.119. The van der Waals surface area contributed by atoms with Crippen LogP contribution >= 0.6 is 11.6 Å². The quantitative estimate of drug-likeness (QED) is 0.345. The van der Waals surface area contributed by atoms with Gasteiger partial charge in [-0.05, 0) is 18.1 Å². The van der Waals surface area contributed by atoms with E-state index in [1.807, 2.05) is 19.9 Å². The lowest BCUT2D eigenvalue weighted by Crippen LogP contribution is -2.20. The van der Waals surface area contributed by atoms with Gasteiger partial charge in [-0.3, -0.25) is 15.1 Å². The Morgan fingerprint density at radius 1 is 1.61 bits per heavy atom. The minimum Gasteiger partial charge on any atom is -0.287 e. The van der Waals surface area contributed by atoms with Crippen molar-refractivity contribution in [2.24, 2.45) is 4.99 Å². The summed E-state index contributed by atoms with van der Waals surface area (Å²) >= 11 is 5.71. The van der Waals surface area contributed by atoms with Crippen molar-refractivity contribution in [2.45, 2.75) is 26.2 Å². The molecule has 0 aliphatic heterocycles. The SMILES string of the molecule is CCCN=C(C[N+](=O)[O-])C(C)c1ccc(Cl)nc1. The molecule has 98 valence electrons. The summed E-state index contributed by atoms with van der Waals surface area (Å²) in [7, 11) is 0. The maximum Gasteiger partial charge on any atom is 0.241 e. The predicted octanol–water partition coefficient (Wildman–Crippen LogP) is 2.97. The van der Waals surface area contributed by atoms with Crippen molar-refractivity contribution in [1.29, 1.82) is 0 Å². The van der Waals surface area contributed by atoms with Gasteiger partial charge >= 0.3 is 0 Å². The fourth-order valence-electron chi connectivity index (χ4n) is 1.55. The molecule has 0 spiro atoms. The molecule has 1 aromatic heterocycles. The van der Waals surface area contributed by atoms with Crippen LogP contribution in [-0.4, -0.2) is 28.7 Å². The lowest BCUT2D eigenvalue weighted by molar-refractivity contribution is -0.463. The topological polar surface area (TPSA) is 68.4 Å². The Labute approximate surface area is 111 Å². The Morgan fingerprint density at radius 3 is 2.83 bits per heavy atom. The Hall–Kier alpha value is -1.49. The monoisotopic (exact) mass is 269 g/mol. The number of rotatable bonds is 6. The van der Waals surface area contributed by atoms with Crippen molar-refractivity contribution in [3.8, 4) is 0 Å². The third kappa shape index (κ3) is 4.41. The van der Waals surface area contributed by atoms with E-state index in [1.54, 1.807) is 12.3 Å². The highest BCUT2D eigenvalue weighted by Gasteiger charge is 2.18. The van der Waals surface area contributed by atoms with Crippen LogP contribution in [0.3, 0.4) is 0 Å². The first-order valence-corrected chi connectivity index (χ1v) is 6.18. The van der Waals surface area contributed by atoms with Crippen LogP contribution in [0.2, 0.25) is 5.15 Å². The number of hydrogen-bond acceptors (Lipinski definition) is 4. The zero-order valence-electron chi connectivity index (χ0n) is 10.5. The summed E-state index contributed by atoms with van der Waals surface area (Å²) in [4.78, 5) is 18.6. The molecule has 0 saturated heterocycles. The number of aliphatic imine (C=N–C) groups is 1. The lowest BCUT2D eigenvalue weighted by atomic mass is 9.97. The summed E-state index contributed by atoms with van der Waals surface area (Å²) in [5, 5.41) is 11.1. The Kier molecular flexibility index (Phi) is 5.71. The van der Waals surface area contributed by atoms with Crippen LogP contribution in [0.15, 0.2) is 23.3 Å². The van der Waals surface area contributed by atoms with Crippen LogP contribution < -0.4 is 0 Å². The van der Waals surface area contributed by atoms with Crippen LogP contribution in [0.25, 0.3) is 0 Å². The van der Waals surface area contributed by atoms with E-state index in [2.05, 4.69) is 9.98 Å². The molecular weight excluding hydrogens is 254 g/mol. The Morgan fingerprint density at radius 2 is 2.33 bits per heavy atom. The van der Waals surface area contributed by atoms with Gasteiger partial charge in [-0.15, -0.1) is 0 Å². The van der Waals surface area contributed by atoms with Crippen LogP contribution in [0, 0.1) is 10.1 Å². The molecule has 6 heteroatoms. The van der Waals surface area contributed by atoms with Crippen molar-refractivity contribution in [1.82, 2.24) is 4.98 Å². The fourth-order valence-corrected chi connectivity index (χ4v) is 1.66. The first-order chi connectivity index (χ1) is 8.54. The molecule has 1 rings (SSSR count). The summed E-state index contributed by atoms with van der Waals surface area (Å²) in [6, 6.07) is 3.50. The molecule has 1 unspecified atom stereocenters. The van der Waals surface area contributed by atoms with E-state index in [9.17, 15) is 10.1 Å². The average molecular weight is 270 g/mol. The Bertz CT molecular complexity index is 431. The standard InChI is InChI=1S/C12H16ClN3O2/c1-3-6-14-11(8-16(17)18)9(2)10-4-5-12(13)15-7-10/h4-5,7,9H,3,6,8H2,1-2H3. The first-order valence-electron chi connectivity index (χ1n) is 5.81. The van der Waals surface area contributed by atoms with Gasteiger partial charge in [-0.25, -0.2) is 4.98 Å². The van der Waals surface area contributed by atoms with Gasteiger partial charge < -0.3 is 0 Å². The van der Waals surface area contributed by atoms with Gasteiger partial charge in [0, 0.05) is 23.6 Å². The number of pyridine rings is 1. The molecule has 0 aliphatic carbocycles. The maximum atomic E-state index is 10.7. The minimum atomic E-state index is -0.353. The van der Waals surface area contributed by atoms with Gasteiger partial charge in [0.05, 0.1) is 5.71 Å². The zero-order chi connectivity index (χ0) is 13.5. The zero-order valence-corrected chi connectivity index (χ0v) is 11.2. The lowest BCUT2D eigenvalue weighted by Gasteiger charge is -2.12. The van der Waals surface area contributed by atoms with Gasteiger partial charge in [-0.1, -0.05) is 31.5 Å². The smallest absolute Gasteiger partial charge is 0.241 e. The third-order valence-corrected chi connectivity index (χ3v) is 2.80. The molecule has 1 aromatic rings. The third-order valence-electron chi connectivity index (χ3n) is 2.58. The van der Waals surface area contributed by atoms with Crippen molar-refractivity contribution < 1.29 is 4.92 Å². The van der Waals surface area contributed by atoms with Crippen molar-refractivity contribution in [2.75, 3.05) is 13.1 Å². The molecular formula is C12H16ClN3O2. The number of aromatic nitrogens is 1. The maximum absolute atomic E-state index is 10.7. The van der Waals surface area contributed by atoms with Crippen molar-refractivity contribution in [3.05, 3.63) is 39.2 Å². The number of nitrogens with zero attached hydrogens (tertiary/aromatic N) is 3. The molecule has 0 fully saturated rings. The number of hydrogen-bond donors (Lipinski definition) is 0. The largest absolute Gasteiger partial charge is 0.287 e. The van der Waals surface area contributed by atoms with E-state index in [0.717, 1.165) is 12.0 Å². The van der Waals surface area contributed by atoms with E-state index in [1.165, 1.54) is 0 Å². The van der Waals surface area contributed by atoms with Gasteiger partial charge in [0.15, 0.2) is 0 Å².